The highest BCUT2D eigenvalue weighted by atomic mass is 35.5. The average molecular weight is 280 g/mol. The van der Waals surface area contributed by atoms with E-state index in [9.17, 15) is 4.39 Å². The number of benzene rings is 1. The molecule has 19 heavy (non-hydrogen) atoms. The molecule has 0 aliphatic rings. The second-order valence-corrected chi connectivity index (χ2v) is 4.22. The van der Waals surface area contributed by atoms with Crippen molar-refractivity contribution in [3.05, 3.63) is 52.6 Å². The van der Waals surface area contributed by atoms with Gasteiger partial charge in [0.05, 0.1) is 16.9 Å². The van der Waals surface area contributed by atoms with Crippen molar-refractivity contribution in [2.45, 2.75) is 6.61 Å². The van der Waals surface area contributed by atoms with Crippen LogP contribution in [0.1, 0.15) is 11.3 Å². The number of ether oxygens (including phenoxy) is 1. The maximum Gasteiger partial charge on any atom is 0.141 e. The standard InChI is InChI=1S/C13H11ClFN3O/c14-11-3-8(5-16)12(17)4-13(11)19-7-10-2-1-9(15)6-18-10/h1-6,16H,7,17H2. The van der Waals surface area contributed by atoms with E-state index >= 15 is 0 Å². The number of nitrogens with zero attached hydrogens (tertiary/aromatic N) is 1. The van der Waals surface area contributed by atoms with Crippen molar-refractivity contribution in [2.75, 3.05) is 5.73 Å². The summed E-state index contributed by atoms with van der Waals surface area (Å²) in [5.41, 5.74) is 7.24. The minimum atomic E-state index is -0.402. The zero-order valence-electron chi connectivity index (χ0n) is 9.86. The number of nitrogen functional groups attached to an aromatic ring is 1. The maximum atomic E-state index is 12.7. The third-order valence-electron chi connectivity index (χ3n) is 2.46. The van der Waals surface area contributed by atoms with Crippen molar-refractivity contribution in [1.29, 1.82) is 5.41 Å². The Kier molecular flexibility index (Phi) is 3.97. The summed E-state index contributed by atoms with van der Waals surface area (Å²) in [6, 6.07) is 5.93. The molecule has 0 aliphatic carbocycles. The summed E-state index contributed by atoms with van der Waals surface area (Å²) < 4.78 is 18.2. The molecule has 0 unspecified atom stereocenters. The number of rotatable bonds is 4. The lowest BCUT2D eigenvalue weighted by Crippen LogP contribution is -2.01. The van der Waals surface area contributed by atoms with Crippen LogP contribution in [-0.2, 0) is 6.61 Å². The Balaban J connectivity index is 2.13. The van der Waals surface area contributed by atoms with Crippen molar-refractivity contribution < 1.29 is 9.13 Å². The first-order valence-electron chi connectivity index (χ1n) is 5.43. The number of aromatic nitrogens is 1. The maximum absolute atomic E-state index is 12.7. The molecule has 0 saturated carbocycles. The lowest BCUT2D eigenvalue weighted by Gasteiger charge is -2.10. The van der Waals surface area contributed by atoms with Gasteiger partial charge < -0.3 is 15.9 Å². The van der Waals surface area contributed by atoms with Gasteiger partial charge in [-0.2, -0.15) is 0 Å². The summed E-state index contributed by atoms with van der Waals surface area (Å²) in [5.74, 6) is -0.00254. The van der Waals surface area contributed by atoms with E-state index in [0.717, 1.165) is 12.4 Å². The third-order valence-corrected chi connectivity index (χ3v) is 2.75. The molecule has 1 heterocycles. The number of halogens is 2. The minimum Gasteiger partial charge on any atom is -0.486 e. The van der Waals surface area contributed by atoms with Gasteiger partial charge in [0.15, 0.2) is 0 Å². The molecule has 0 fully saturated rings. The normalized spacial score (nSPS) is 10.2. The summed E-state index contributed by atoms with van der Waals surface area (Å²) in [4.78, 5) is 3.87. The molecular weight excluding hydrogens is 269 g/mol. The first-order chi connectivity index (χ1) is 9.10. The molecule has 0 radical (unpaired) electrons. The lowest BCUT2D eigenvalue weighted by molar-refractivity contribution is 0.301. The molecule has 2 aromatic rings. The van der Waals surface area contributed by atoms with E-state index in [1.807, 2.05) is 0 Å². The minimum absolute atomic E-state index is 0.156. The molecular formula is C13H11ClFN3O. The van der Waals surface area contributed by atoms with Crippen LogP contribution in [0.2, 0.25) is 5.02 Å². The molecule has 6 heteroatoms. The van der Waals surface area contributed by atoms with Crippen LogP contribution in [0.15, 0.2) is 30.5 Å². The molecule has 0 atom stereocenters. The monoisotopic (exact) mass is 279 g/mol. The molecule has 0 aliphatic heterocycles. The molecule has 2 rings (SSSR count). The number of nitrogens with two attached hydrogens (primary N) is 1. The highest BCUT2D eigenvalue weighted by Gasteiger charge is 2.07. The fourth-order valence-electron chi connectivity index (χ4n) is 1.46. The van der Waals surface area contributed by atoms with Crippen LogP contribution >= 0.6 is 11.6 Å². The Bertz CT molecular complexity index is 602. The van der Waals surface area contributed by atoms with Crippen molar-refractivity contribution in [3.63, 3.8) is 0 Å². The van der Waals surface area contributed by atoms with Gasteiger partial charge in [-0.1, -0.05) is 11.6 Å². The topological polar surface area (TPSA) is 72.0 Å². The average Bonchev–Trinajstić information content (AvgIpc) is 2.41. The number of anilines is 1. The smallest absolute Gasteiger partial charge is 0.141 e. The van der Waals surface area contributed by atoms with Crippen LogP contribution in [0.25, 0.3) is 0 Å². The quantitative estimate of drug-likeness (QED) is 0.667. The van der Waals surface area contributed by atoms with Crippen molar-refractivity contribution in [2.24, 2.45) is 0 Å². The predicted octanol–water partition coefficient (Wildman–Crippen LogP) is 3.03. The number of hydrogen-bond acceptors (Lipinski definition) is 4. The first kappa shape index (κ1) is 13.3. The summed E-state index contributed by atoms with van der Waals surface area (Å²) >= 11 is 6.01. The van der Waals surface area contributed by atoms with Gasteiger partial charge in [0.1, 0.15) is 18.2 Å². The van der Waals surface area contributed by atoms with Gasteiger partial charge in [0, 0.05) is 23.5 Å². The number of nitrogens with one attached hydrogen (secondary N) is 1. The summed E-state index contributed by atoms with van der Waals surface area (Å²) in [6.07, 6.45) is 2.24. The van der Waals surface area contributed by atoms with Gasteiger partial charge in [0.2, 0.25) is 0 Å². The van der Waals surface area contributed by atoms with Crippen molar-refractivity contribution in [1.82, 2.24) is 4.98 Å². The van der Waals surface area contributed by atoms with E-state index in [1.165, 1.54) is 12.1 Å². The summed E-state index contributed by atoms with van der Waals surface area (Å²) in [6.45, 7) is 0.156. The van der Waals surface area contributed by atoms with E-state index in [-0.39, 0.29) is 6.61 Å². The van der Waals surface area contributed by atoms with Gasteiger partial charge in [-0.25, -0.2) is 4.39 Å². The molecule has 1 aromatic heterocycles. The molecule has 0 bridgehead atoms. The summed E-state index contributed by atoms with van der Waals surface area (Å²) in [5, 5.41) is 7.51. The highest BCUT2D eigenvalue weighted by molar-refractivity contribution is 6.32. The van der Waals surface area contributed by atoms with Crippen LogP contribution < -0.4 is 10.5 Å². The Morgan fingerprint density at radius 1 is 1.42 bits per heavy atom. The van der Waals surface area contributed by atoms with Crippen LogP contribution in [0.3, 0.4) is 0 Å². The molecule has 0 spiro atoms. The van der Waals surface area contributed by atoms with Gasteiger partial charge in [-0.15, -0.1) is 0 Å². The zero-order valence-corrected chi connectivity index (χ0v) is 10.6. The molecule has 0 amide bonds. The Labute approximate surface area is 114 Å². The fourth-order valence-corrected chi connectivity index (χ4v) is 1.69. The molecule has 98 valence electrons. The van der Waals surface area contributed by atoms with E-state index in [4.69, 9.17) is 27.5 Å². The van der Waals surface area contributed by atoms with Crippen LogP contribution in [0.5, 0.6) is 5.75 Å². The SMILES string of the molecule is N=Cc1cc(Cl)c(OCc2ccc(F)cn2)cc1N. The van der Waals surface area contributed by atoms with Crippen LogP contribution in [0, 0.1) is 11.2 Å². The van der Waals surface area contributed by atoms with E-state index in [2.05, 4.69) is 4.98 Å². The Hall–Kier alpha value is -2.14. The number of hydrogen-bond donors (Lipinski definition) is 2. The van der Waals surface area contributed by atoms with Crippen molar-refractivity contribution in [3.8, 4) is 5.75 Å². The Morgan fingerprint density at radius 3 is 2.84 bits per heavy atom. The summed E-state index contributed by atoms with van der Waals surface area (Å²) in [7, 11) is 0. The second kappa shape index (κ2) is 5.67. The van der Waals surface area contributed by atoms with Gasteiger partial charge in [-0.05, 0) is 18.2 Å². The van der Waals surface area contributed by atoms with Crippen molar-refractivity contribution >= 4 is 23.5 Å². The lowest BCUT2D eigenvalue weighted by atomic mass is 10.2. The molecule has 0 saturated heterocycles. The molecule has 1 aromatic carbocycles. The van der Waals surface area contributed by atoms with E-state index < -0.39 is 5.82 Å². The molecule has 3 N–H and O–H groups in total. The van der Waals surface area contributed by atoms with Gasteiger partial charge in [-0.3, -0.25) is 4.98 Å². The van der Waals surface area contributed by atoms with Crippen LogP contribution in [0.4, 0.5) is 10.1 Å². The zero-order chi connectivity index (χ0) is 13.8. The number of pyridine rings is 1. The fraction of sp³-hybridized carbons (Fsp3) is 0.0769. The van der Waals surface area contributed by atoms with E-state index in [0.29, 0.717) is 27.7 Å². The van der Waals surface area contributed by atoms with Gasteiger partial charge >= 0.3 is 0 Å². The predicted molar refractivity (Wildman–Crippen MR) is 72.3 cm³/mol. The first-order valence-corrected chi connectivity index (χ1v) is 5.80. The van der Waals surface area contributed by atoms with Crippen LogP contribution in [-0.4, -0.2) is 11.2 Å². The van der Waals surface area contributed by atoms with Gasteiger partial charge in [0.25, 0.3) is 0 Å². The van der Waals surface area contributed by atoms with E-state index in [1.54, 1.807) is 12.1 Å². The highest BCUT2D eigenvalue weighted by Crippen LogP contribution is 2.29. The second-order valence-electron chi connectivity index (χ2n) is 3.81. The largest absolute Gasteiger partial charge is 0.486 e. The third kappa shape index (κ3) is 3.20. The Morgan fingerprint density at radius 2 is 2.21 bits per heavy atom. The molecule has 4 nitrogen and oxygen atoms in total.